The molecule has 0 saturated carbocycles. The van der Waals surface area contributed by atoms with Gasteiger partial charge in [-0.15, -0.1) is 10.2 Å². The van der Waals surface area contributed by atoms with E-state index in [1.165, 1.54) is 0 Å². The third-order valence-electron chi connectivity index (χ3n) is 3.18. The van der Waals surface area contributed by atoms with Crippen molar-refractivity contribution >= 4 is 5.97 Å². The zero-order chi connectivity index (χ0) is 15.8. The van der Waals surface area contributed by atoms with Gasteiger partial charge < -0.3 is 14.0 Å². The van der Waals surface area contributed by atoms with E-state index >= 15 is 0 Å². The highest BCUT2D eigenvalue weighted by Crippen LogP contribution is 2.18. The third kappa shape index (κ3) is 4.87. The number of carbonyl (C=O) groups excluding carboxylic acids is 1. The van der Waals surface area contributed by atoms with Gasteiger partial charge in [0.1, 0.15) is 23.7 Å². The van der Waals surface area contributed by atoms with Crippen LogP contribution < -0.4 is 9.47 Å². The maximum Gasteiger partial charge on any atom is 0.311 e. The molecule has 0 aliphatic carbocycles. The lowest BCUT2D eigenvalue weighted by Gasteiger charge is -2.07. The molecule has 0 spiro atoms. The number of ether oxygens (including phenoxy) is 2. The Hall–Kier alpha value is -2.37. The van der Waals surface area contributed by atoms with Gasteiger partial charge in [0.25, 0.3) is 0 Å². The average Bonchev–Trinajstić information content (AvgIpc) is 2.92. The molecule has 2 rings (SSSR count). The summed E-state index contributed by atoms with van der Waals surface area (Å²) in [7, 11) is 1.85. The number of aromatic nitrogens is 3. The molecule has 1 aromatic heterocycles. The van der Waals surface area contributed by atoms with Gasteiger partial charge in [0.05, 0.1) is 13.0 Å². The summed E-state index contributed by atoms with van der Waals surface area (Å²) in [6.45, 7) is 2.82. The van der Waals surface area contributed by atoms with Crippen molar-refractivity contribution in [2.45, 2.75) is 32.6 Å². The van der Waals surface area contributed by atoms with Crippen molar-refractivity contribution in [2.75, 3.05) is 6.61 Å². The SMILES string of the molecule is CCCCOc1ccc(OC(=O)CCc2nncn2C)cc1. The summed E-state index contributed by atoms with van der Waals surface area (Å²) in [5.41, 5.74) is 0. The molecule has 22 heavy (non-hydrogen) atoms. The zero-order valence-corrected chi connectivity index (χ0v) is 13.0. The maximum absolute atomic E-state index is 11.8. The summed E-state index contributed by atoms with van der Waals surface area (Å²) in [6, 6.07) is 7.09. The number of aryl methyl sites for hydroxylation is 2. The molecule has 0 unspecified atom stereocenters. The van der Waals surface area contributed by atoms with Crippen LogP contribution in [0.5, 0.6) is 11.5 Å². The molecule has 0 bridgehead atoms. The molecule has 0 amide bonds. The monoisotopic (exact) mass is 303 g/mol. The number of carbonyl (C=O) groups is 1. The third-order valence-corrected chi connectivity index (χ3v) is 3.18. The topological polar surface area (TPSA) is 66.2 Å². The molecular weight excluding hydrogens is 282 g/mol. The molecule has 0 atom stereocenters. The van der Waals surface area contributed by atoms with Gasteiger partial charge in [-0.25, -0.2) is 0 Å². The van der Waals surface area contributed by atoms with Crippen molar-refractivity contribution in [1.29, 1.82) is 0 Å². The molecule has 0 aliphatic heterocycles. The first-order valence-corrected chi connectivity index (χ1v) is 7.45. The average molecular weight is 303 g/mol. The first-order chi connectivity index (χ1) is 10.7. The van der Waals surface area contributed by atoms with Crippen LogP contribution in [0.25, 0.3) is 0 Å². The van der Waals surface area contributed by atoms with Crippen molar-refractivity contribution in [1.82, 2.24) is 14.8 Å². The Labute approximate surface area is 130 Å². The Bertz CT molecular complexity index is 593. The van der Waals surface area contributed by atoms with Gasteiger partial charge in [0.2, 0.25) is 0 Å². The minimum absolute atomic E-state index is 0.265. The lowest BCUT2D eigenvalue weighted by Crippen LogP contribution is -2.10. The van der Waals surface area contributed by atoms with Crippen LogP contribution >= 0.6 is 0 Å². The Morgan fingerprint density at radius 2 is 1.95 bits per heavy atom. The van der Waals surface area contributed by atoms with E-state index in [2.05, 4.69) is 17.1 Å². The highest BCUT2D eigenvalue weighted by Gasteiger charge is 2.08. The number of nitrogens with zero attached hydrogens (tertiary/aromatic N) is 3. The van der Waals surface area contributed by atoms with Crippen LogP contribution in [0, 0.1) is 0 Å². The van der Waals surface area contributed by atoms with Crippen LogP contribution in [0.2, 0.25) is 0 Å². The lowest BCUT2D eigenvalue weighted by molar-refractivity contribution is -0.134. The highest BCUT2D eigenvalue weighted by molar-refractivity contribution is 5.72. The van der Waals surface area contributed by atoms with Crippen LogP contribution in [-0.4, -0.2) is 27.3 Å². The van der Waals surface area contributed by atoms with E-state index in [4.69, 9.17) is 9.47 Å². The Morgan fingerprint density at radius 1 is 1.23 bits per heavy atom. The van der Waals surface area contributed by atoms with Crippen LogP contribution in [-0.2, 0) is 18.3 Å². The van der Waals surface area contributed by atoms with Crippen molar-refractivity contribution in [3.8, 4) is 11.5 Å². The van der Waals surface area contributed by atoms with Crippen LogP contribution in [0.4, 0.5) is 0 Å². The molecule has 0 aliphatic rings. The van der Waals surface area contributed by atoms with Crippen LogP contribution in [0.15, 0.2) is 30.6 Å². The van der Waals surface area contributed by atoms with Crippen molar-refractivity contribution < 1.29 is 14.3 Å². The smallest absolute Gasteiger partial charge is 0.311 e. The molecule has 0 fully saturated rings. The lowest BCUT2D eigenvalue weighted by atomic mass is 10.3. The molecular formula is C16H21N3O3. The fraction of sp³-hybridized carbons (Fsp3) is 0.438. The number of benzene rings is 1. The highest BCUT2D eigenvalue weighted by atomic mass is 16.5. The van der Waals surface area contributed by atoms with E-state index < -0.39 is 0 Å². The van der Waals surface area contributed by atoms with Gasteiger partial charge >= 0.3 is 5.97 Å². The molecule has 1 aromatic carbocycles. The summed E-state index contributed by atoms with van der Waals surface area (Å²) in [5, 5.41) is 7.70. The number of hydrogen-bond acceptors (Lipinski definition) is 5. The Morgan fingerprint density at radius 3 is 2.59 bits per heavy atom. The van der Waals surface area contributed by atoms with Crippen LogP contribution in [0.3, 0.4) is 0 Å². The second kappa shape index (κ2) is 8.17. The van der Waals surface area contributed by atoms with Crippen molar-refractivity contribution in [2.24, 2.45) is 7.05 Å². The molecule has 6 heteroatoms. The minimum atomic E-state index is -0.289. The van der Waals surface area contributed by atoms with Gasteiger partial charge in [-0.1, -0.05) is 13.3 Å². The first kappa shape index (κ1) is 16.0. The summed E-state index contributed by atoms with van der Waals surface area (Å²) in [6.07, 6.45) is 4.51. The van der Waals surface area contributed by atoms with E-state index in [9.17, 15) is 4.79 Å². The normalized spacial score (nSPS) is 10.5. The first-order valence-electron chi connectivity index (χ1n) is 7.45. The van der Waals surface area contributed by atoms with Gasteiger partial charge in [-0.05, 0) is 30.7 Å². The molecule has 0 radical (unpaired) electrons. The van der Waals surface area contributed by atoms with Crippen molar-refractivity contribution in [3.05, 3.63) is 36.4 Å². The van der Waals surface area contributed by atoms with Gasteiger partial charge in [0, 0.05) is 13.5 Å². The molecule has 6 nitrogen and oxygen atoms in total. The van der Waals surface area contributed by atoms with Crippen molar-refractivity contribution in [3.63, 3.8) is 0 Å². The van der Waals surface area contributed by atoms with Gasteiger partial charge in [0.15, 0.2) is 0 Å². The summed E-state index contributed by atoms with van der Waals surface area (Å²) < 4.78 is 12.6. The number of rotatable bonds is 8. The van der Waals surface area contributed by atoms with Gasteiger partial charge in [-0.3, -0.25) is 4.79 Å². The molecule has 2 aromatic rings. The van der Waals surface area contributed by atoms with E-state index in [0.29, 0.717) is 18.8 Å². The molecule has 118 valence electrons. The summed E-state index contributed by atoms with van der Waals surface area (Å²) >= 11 is 0. The standard InChI is InChI=1S/C16H21N3O3/c1-3-4-11-21-13-5-7-14(8-6-13)22-16(20)10-9-15-18-17-12-19(15)2/h5-8,12H,3-4,9-11H2,1-2H3. The predicted octanol–water partition coefficient (Wildman–Crippen LogP) is 2.53. The Balaban J connectivity index is 1.77. The Kier molecular flexibility index (Phi) is 5.94. The summed E-state index contributed by atoms with van der Waals surface area (Å²) in [5.74, 6) is 1.78. The fourth-order valence-electron chi connectivity index (χ4n) is 1.87. The quantitative estimate of drug-likeness (QED) is 0.426. The number of unbranched alkanes of at least 4 members (excludes halogenated alkanes) is 1. The second-order valence-electron chi connectivity index (χ2n) is 5.01. The van der Waals surface area contributed by atoms with Gasteiger partial charge in [-0.2, -0.15) is 0 Å². The van der Waals surface area contributed by atoms with E-state index in [1.54, 1.807) is 35.2 Å². The largest absolute Gasteiger partial charge is 0.494 e. The van der Waals surface area contributed by atoms with E-state index in [-0.39, 0.29) is 12.4 Å². The predicted molar refractivity (Wildman–Crippen MR) is 81.8 cm³/mol. The molecule has 1 heterocycles. The molecule has 0 N–H and O–H groups in total. The zero-order valence-electron chi connectivity index (χ0n) is 13.0. The fourth-order valence-corrected chi connectivity index (χ4v) is 1.87. The number of esters is 1. The van der Waals surface area contributed by atoms with E-state index in [1.807, 2.05) is 7.05 Å². The van der Waals surface area contributed by atoms with E-state index in [0.717, 1.165) is 24.4 Å². The molecule has 0 saturated heterocycles. The second-order valence-corrected chi connectivity index (χ2v) is 5.01. The number of hydrogen-bond donors (Lipinski definition) is 0. The maximum atomic E-state index is 11.8. The van der Waals surface area contributed by atoms with Crippen LogP contribution in [0.1, 0.15) is 32.0 Å². The minimum Gasteiger partial charge on any atom is -0.494 e. The summed E-state index contributed by atoms with van der Waals surface area (Å²) in [4.78, 5) is 11.8.